The van der Waals surface area contributed by atoms with Gasteiger partial charge < -0.3 is 19.6 Å². The molecule has 168 valence electrons. The van der Waals surface area contributed by atoms with E-state index >= 15 is 0 Å². The number of aryl methyl sites for hydroxylation is 1. The van der Waals surface area contributed by atoms with E-state index in [9.17, 15) is 19.5 Å². The van der Waals surface area contributed by atoms with Crippen molar-refractivity contribution in [1.29, 1.82) is 0 Å². The molecule has 0 unspecified atom stereocenters. The van der Waals surface area contributed by atoms with E-state index in [4.69, 9.17) is 20.8 Å². The number of hydrogen-bond acceptors (Lipinski definition) is 5. The molecule has 0 aliphatic rings. The van der Waals surface area contributed by atoms with Gasteiger partial charge >= 0.3 is 5.97 Å². The van der Waals surface area contributed by atoms with Crippen LogP contribution in [0.5, 0.6) is 5.75 Å². The van der Waals surface area contributed by atoms with Crippen molar-refractivity contribution >= 4 is 34.4 Å². The highest BCUT2D eigenvalue weighted by Crippen LogP contribution is 2.27. The average molecular weight is 458 g/mol. The fraction of sp³-hybridized carbons (Fsp3) is 0.292. The molecule has 0 spiro atoms. The van der Waals surface area contributed by atoms with Gasteiger partial charge in [-0.2, -0.15) is 0 Å². The number of halogens is 1. The molecule has 0 radical (unpaired) electrons. The molecule has 1 amide bonds. The van der Waals surface area contributed by atoms with Crippen LogP contribution < -0.4 is 15.5 Å². The Balaban J connectivity index is 1.78. The van der Waals surface area contributed by atoms with Crippen LogP contribution in [0.4, 0.5) is 0 Å². The molecular formula is C24H24ClNO6. The van der Waals surface area contributed by atoms with Crippen molar-refractivity contribution in [1.82, 2.24) is 5.32 Å². The highest BCUT2D eigenvalue weighted by atomic mass is 35.5. The molecule has 0 aliphatic carbocycles. The molecule has 7 nitrogen and oxygen atoms in total. The summed E-state index contributed by atoms with van der Waals surface area (Å²) in [6, 6.07) is 10.6. The molecule has 1 aromatic heterocycles. The first-order chi connectivity index (χ1) is 15.2. The van der Waals surface area contributed by atoms with Crippen LogP contribution in [0.15, 0.2) is 51.7 Å². The number of fused-ring (bicyclic) bond motifs is 1. The van der Waals surface area contributed by atoms with E-state index in [1.54, 1.807) is 43.3 Å². The van der Waals surface area contributed by atoms with E-state index in [0.717, 1.165) is 0 Å². The van der Waals surface area contributed by atoms with Gasteiger partial charge in [0, 0.05) is 11.1 Å². The lowest BCUT2D eigenvalue weighted by Gasteiger charge is -2.16. The number of benzene rings is 2. The molecule has 0 fully saturated rings. The Kier molecular flexibility index (Phi) is 7.20. The van der Waals surface area contributed by atoms with Crippen LogP contribution >= 0.6 is 11.6 Å². The Labute approximate surface area is 190 Å². The molecule has 0 saturated carbocycles. The summed E-state index contributed by atoms with van der Waals surface area (Å²) in [4.78, 5) is 36.5. The van der Waals surface area contributed by atoms with Crippen LogP contribution in [0.25, 0.3) is 22.1 Å². The lowest BCUT2D eigenvalue weighted by Crippen LogP contribution is -2.43. The summed E-state index contributed by atoms with van der Waals surface area (Å²) in [7, 11) is 0. The molecule has 0 aliphatic heterocycles. The number of carbonyl (C=O) groups excluding carboxylic acids is 1. The first kappa shape index (κ1) is 23.3. The number of aliphatic carboxylic acids is 1. The van der Waals surface area contributed by atoms with Crippen molar-refractivity contribution in [2.24, 2.45) is 5.92 Å². The minimum atomic E-state index is -1.09. The van der Waals surface area contributed by atoms with Gasteiger partial charge in [0.25, 0.3) is 5.91 Å². The second-order valence-corrected chi connectivity index (χ2v) is 8.34. The maximum absolute atomic E-state index is 13.0. The van der Waals surface area contributed by atoms with Crippen molar-refractivity contribution in [2.45, 2.75) is 33.2 Å². The molecule has 1 atom stereocenters. The predicted octanol–water partition coefficient (Wildman–Crippen LogP) is 4.42. The third-order valence-corrected chi connectivity index (χ3v) is 5.14. The van der Waals surface area contributed by atoms with Gasteiger partial charge in [-0.05, 0) is 49.1 Å². The van der Waals surface area contributed by atoms with E-state index in [0.29, 0.717) is 45.0 Å². The van der Waals surface area contributed by atoms with E-state index < -0.39 is 17.9 Å². The second-order valence-electron chi connectivity index (χ2n) is 7.90. The van der Waals surface area contributed by atoms with E-state index in [2.05, 4.69) is 5.32 Å². The Hall–Kier alpha value is -3.32. The van der Waals surface area contributed by atoms with Crippen LogP contribution in [-0.4, -0.2) is 29.6 Å². The smallest absolute Gasteiger partial charge is 0.326 e. The molecule has 0 saturated heterocycles. The van der Waals surface area contributed by atoms with Gasteiger partial charge in [0.15, 0.2) is 6.61 Å². The summed E-state index contributed by atoms with van der Waals surface area (Å²) in [6.07, 6.45) is 0.317. The number of nitrogens with one attached hydrogen (secondary N) is 1. The Morgan fingerprint density at radius 3 is 2.47 bits per heavy atom. The SMILES string of the molecule is Cc1oc2cc(OCC(=O)N[C@@H](CC(C)C)C(=O)O)ccc2c(=O)c1-c1ccc(Cl)cc1. The quantitative estimate of drug-likeness (QED) is 0.518. The molecule has 0 bridgehead atoms. The molecule has 8 heteroatoms. The highest BCUT2D eigenvalue weighted by molar-refractivity contribution is 6.30. The third-order valence-electron chi connectivity index (χ3n) is 4.88. The Morgan fingerprint density at radius 1 is 1.16 bits per heavy atom. The fourth-order valence-electron chi connectivity index (χ4n) is 3.40. The largest absolute Gasteiger partial charge is 0.484 e. The third kappa shape index (κ3) is 5.48. The second kappa shape index (κ2) is 9.87. The average Bonchev–Trinajstić information content (AvgIpc) is 2.72. The zero-order valence-electron chi connectivity index (χ0n) is 18.0. The summed E-state index contributed by atoms with van der Waals surface area (Å²) in [5.41, 5.74) is 1.29. The molecule has 3 aromatic rings. The Morgan fingerprint density at radius 2 is 1.84 bits per heavy atom. The molecular weight excluding hydrogens is 434 g/mol. The van der Waals surface area contributed by atoms with Gasteiger partial charge in [0.2, 0.25) is 5.43 Å². The molecule has 1 heterocycles. The summed E-state index contributed by atoms with van der Waals surface area (Å²) in [5.74, 6) is -0.759. The zero-order chi connectivity index (χ0) is 23.4. The predicted molar refractivity (Wildman–Crippen MR) is 122 cm³/mol. The van der Waals surface area contributed by atoms with Crippen molar-refractivity contribution < 1.29 is 23.8 Å². The number of carboxylic acid groups (broad SMARTS) is 1. The highest BCUT2D eigenvalue weighted by Gasteiger charge is 2.21. The maximum atomic E-state index is 13.0. The van der Waals surface area contributed by atoms with Gasteiger partial charge in [0.1, 0.15) is 23.1 Å². The lowest BCUT2D eigenvalue weighted by atomic mass is 10.0. The number of amides is 1. The molecule has 2 aromatic carbocycles. The summed E-state index contributed by atoms with van der Waals surface area (Å²) in [6.45, 7) is 5.09. The summed E-state index contributed by atoms with van der Waals surface area (Å²) in [5, 5.41) is 12.6. The fourth-order valence-corrected chi connectivity index (χ4v) is 3.53. The summed E-state index contributed by atoms with van der Waals surface area (Å²) < 4.78 is 11.3. The van der Waals surface area contributed by atoms with Gasteiger partial charge in [-0.25, -0.2) is 4.79 Å². The van der Waals surface area contributed by atoms with Crippen molar-refractivity contribution in [3.8, 4) is 16.9 Å². The first-order valence-electron chi connectivity index (χ1n) is 10.1. The molecule has 32 heavy (non-hydrogen) atoms. The van der Waals surface area contributed by atoms with Crippen LogP contribution in [0.1, 0.15) is 26.0 Å². The van der Waals surface area contributed by atoms with E-state index in [1.807, 2.05) is 13.8 Å². The normalized spacial score (nSPS) is 12.0. The number of rotatable bonds is 8. The standard InChI is InChI=1S/C24H24ClNO6/c1-13(2)10-19(24(29)30)26-21(27)12-31-17-8-9-18-20(11-17)32-14(3)22(23(18)28)15-4-6-16(25)7-5-15/h4-9,11,13,19H,10,12H2,1-3H3,(H,26,27)(H,29,30)/t19-/m0/s1. The van der Waals surface area contributed by atoms with Crippen LogP contribution in [-0.2, 0) is 9.59 Å². The molecule has 3 rings (SSSR count). The minimum Gasteiger partial charge on any atom is -0.484 e. The maximum Gasteiger partial charge on any atom is 0.326 e. The molecule has 2 N–H and O–H groups in total. The minimum absolute atomic E-state index is 0.113. The topological polar surface area (TPSA) is 106 Å². The van der Waals surface area contributed by atoms with Crippen molar-refractivity contribution in [2.75, 3.05) is 6.61 Å². The zero-order valence-corrected chi connectivity index (χ0v) is 18.7. The summed E-state index contributed by atoms with van der Waals surface area (Å²) >= 11 is 5.94. The lowest BCUT2D eigenvalue weighted by molar-refractivity contribution is -0.142. The number of hydrogen-bond donors (Lipinski definition) is 2. The number of carboxylic acids is 1. The first-order valence-corrected chi connectivity index (χ1v) is 10.5. The van der Waals surface area contributed by atoms with Gasteiger partial charge in [-0.15, -0.1) is 0 Å². The van der Waals surface area contributed by atoms with Gasteiger partial charge in [-0.3, -0.25) is 9.59 Å². The van der Waals surface area contributed by atoms with Crippen LogP contribution in [0, 0.1) is 12.8 Å². The number of carbonyl (C=O) groups is 2. The van der Waals surface area contributed by atoms with Gasteiger partial charge in [-0.1, -0.05) is 37.6 Å². The van der Waals surface area contributed by atoms with Crippen molar-refractivity contribution in [3.05, 3.63) is 63.5 Å². The van der Waals surface area contributed by atoms with Crippen LogP contribution in [0.3, 0.4) is 0 Å². The number of ether oxygens (including phenoxy) is 1. The van der Waals surface area contributed by atoms with E-state index in [1.165, 1.54) is 6.07 Å². The van der Waals surface area contributed by atoms with Crippen LogP contribution in [0.2, 0.25) is 5.02 Å². The van der Waals surface area contributed by atoms with Gasteiger partial charge in [0.05, 0.1) is 10.9 Å². The van der Waals surface area contributed by atoms with E-state index in [-0.39, 0.29) is 18.0 Å². The Bertz CT molecular complexity index is 1200. The monoisotopic (exact) mass is 457 g/mol. The van der Waals surface area contributed by atoms with Crippen molar-refractivity contribution in [3.63, 3.8) is 0 Å².